The van der Waals surface area contributed by atoms with Crippen molar-refractivity contribution < 1.29 is 18.3 Å². The van der Waals surface area contributed by atoms with Crippen LogP contribution in [0.5, 0.6) is 0 Å². The molecule has 19 heavy (non-hydrogen) atoms. The summed E-state index contributed by atoms with van der Waals surface area (Å²) in [6.45, 7) is 1.80. The minimum Gasteiger partial charge on any atom is -0.480 e. The molecule has 1 saturated carbocycles. The molecule has 0 bridgehead atoms. The van der Waals surface area contributed by atoms with Crippen LogP contribution in [0.15, 0.2) is 21.7 Å². The molecule has 1 aliphatic rings. The lowest BCUT2D eigenvalue weighted by Gasteiger charge is -2.39. The highest BCUT2D eigenvalue weighted by Crippen LogP contribution is 2.35. The van der Waals surface area contributed by atoms with Gasteiger partial charge in [0.25, 0.3) is 10.0 Å². The first-order chi connectivity index (χ1) is 8.88. The van der Waals surface area contributed by atoms with Gasteiger partial charge in [-0.25, -0.2) is 8.42 Å². The Hall–Kier alpha value is -0.920. The third-order valence-electron chi connectivity index (χ3n) is 3.76. The number of aliphatic carboxylic acids is 1. The first-order valence-electron chi connectivity index (χ1n) is 6.19. The normalized spacial score (nSPS) is 28.2. The number of nitrogens with one attached hydrogen (secondary N) is 1. The molecule has 1 aromatic rings. The molecule has 0 aromatic carbocycles. The van der Waals surface area contributed by atoms with E-state index >= 15 is 0 Å². The monoisotopic (exact) mass is 303 g/mol. The lowest BCUT2D eigenvalue weighted by atomic mass is 9.74. The lowest BCUT2D eigenvalue weighted by molar-refractivity contribution is -0.147. The molecule has 2 rings (SSSR count). The highest BCUT2D eigenvalue weighted by Gasteiger charge is 2.48. The minimum absolute atomic E-state index is 0.158. The Bertz CT molecular complexity index is 552. The van der Waals surface area contributed by atoms with Crippen LogP contribution in [-0.2, 0) is 14.8 Å². The predicted octanol–water partition coefficient (Wildman–Crippen LogP) is 2.06. The zero-order valence-corrected chi connectivity index (χ0v) is 12.3. The van der Waals surface area contributed by atoms with Gasteiger partial charge in [-0.2, -0.15) is 4.72 Å². The van der Waals surface area contributed by atoms with Crippen molar-refractivity contribution in [3.63, 3.8) is 0 Å². The van der Waals surface area contributed by atoms with Crippen LogP contribution >= 0.6 is 11.3 Å². The van der Waals surface area contributed by atoms with Crippen LogP contribution in [0, 0.1) is 5.92 Å². The summed E-state index contributed by atoms with van der Waals surface area (Å²) in [5.41, 5.74) is -1.37. The second kappa shape index (κ2) is 5.22. The Balaban J connectivity index is 2.34. The predicted molar refractivity (Wildman–Crippen MR) is 72.6 cm³/mol. The molecule has 1 heterocycles. The Morgan fingerprint density at radius 3 is 2.79 bits per heavy atom. The molecular weight excluding hydrogens is 286 g/mol. The Morgan fingerprint density at radius 1 is 1.53 bits per heavy atom. The van der Waals surface area contributed by atoms with Gasteiger partial charge in [0.15, 0.2) is 0 Å². The van der Waals surface area contributed by atoms with Crippen LogP contribution in [0.4, 0.5) is 0 Å². The molecule has 1 aliphatic carbocycles. The standard InChI is InChI=1S/C12H17NO4S2/c1-9-5-2-3-7-12(9,11(14)15)13-19(16,17)10-6-4-8-18-10/h4,6,8-9,13H,2-3,5,7H2,1H3,(H,14,15). The van der Waals surface area contributed by atoms with Crippen LogP contribution < -0.4 is 4.72 Å². The van der Waals surface area contributed by atoms with Gasteiger partial charge < -0.3 is 5.11 Å². The minimum atomic E-state index is -3.77. The van der Waals surface area contributed by atoms with E-state index in [4.69, 9.17) is 0 Å². The van der Waals surface area contributed by atoms with Crippen molar-refractivity contribution >= 4 is 27.3 Å². The van der Waals surface area contributed by atoms with Crippen LogP contribution in [-0.4, -0.2) is 25.0 Å². The summed E-state index contributed by atoms with van der Waals surface area (Å²) >= 11 is 1.09. The molecule has 1 fully saturated rings. The Morgan fingerprint density at radius 2 is 2.26 bits per heavy atom. The molecule has 5 nitrogen and oxygen atoms in total. The number of carboxylic acids is 1. The SMILES string of the molecule is CC1CCCCC1(NS(=O)(=O)c1cccs1)C(=O)O. The first kappa shape index (κ1) is 14.5. The third kappa shape index (κ3) is 2.68. The average molecular weight is 303 g/mol. The molecule has 2 atom stereocenters. The van der Waals surface area contributed by atoms with E-state index in [2.05, 4.69) is 4.72 Å². The third-order valence-corrected chi connectivity index (χ3v) is 6.66. The Labute approximate surface area is 116 Å². The van der Waals surface area contributed by atoms with Crippen LogP contribution in [0.1, 0.15) is 32.6 Å². The van der Waals surface area contributed by atoms with Gasteiger partial charge in [0, 0.05) is 0 Å². The number of thiophene rings is 1. The molecule has 1 aromatic heterocycles. The van der Waals surface area contributed by atoms with Gasteiger partial charge in [0.05, 0.1) is 0 Å². The van der Waals surface area contributed by atoms with Gasteiger partial charge >= 0.3 is 5.97 Å². The molecule has 2 N–H and O–H groups in total. The van der Waals surface area contributed by atoms with Gasteiger partial charge in [-0.1, -0.05) is 25.8 Å². The summed E-state index contributed by atoms with van der Waals surface area (Å²) in [6, 6.07) is 3.12. The van der Waals surface area contributed by atoms with E-state index in [9.17, 15) is 18.3 Å². The van der Waals surface area contributed by atoms with Crippen molar-refractivity contribution in [2.24, 2.45) is 5.92 Å². The van der Waals surface area contributed by atoms with Crippen molar-refractivity contribution in [3.8, 4) is 0 Å². The first-order valence-corrected chi connectivity index (χ1v) is 8.56. The second-order valence-electron chi connectivity index (χ2n) is 4.96. The zero-order chi connectivity index (χ0) is 14.1. The van der Waals surface area contributed by atoms with Crippen molar-refractivity contribution in [1.29, 1.82) is 0 Å². The van der Waals surface area contributed by atoms with Crippen LogP contribution in [0.3, 0.4) is 0 Å². The van der Waals surface area contributed by atoms with E-state index < -0.39 is 21.5 Å². The van der Waals surface area contributed by atoms with Crippen molar-refractivity contribution in [1.82, 2.24) is 4.72 Å². The molecule has 7 heteroatoms. The summed E-state index contributed by atoms with van der Waals surface area (Å²) in [7, 11) is -3.77. The fourth-order valence-electron chi connectivity index (χ4n) is 2.57. The lowest BCUT2D eigenvalue weighted by Crippen LogP contribution is -2.59. The number of hydrogen-bond donors (Lipinski definition) is 2. The van der Waals surface area contributed by atoms with Gasteiger partial charge in [0.2, 0.25) is 0 Å². The highest BCUT2D eigenvalue weighted by atomic mass is 32.2. The smallest absolute Gasteiger partial charge is 0.325 e. The van der Waals surface area contributed by atoms with Crippen molar-refractivity contribution in [2.45, 2.75) is 42.4 Å². The molecule has 0 saturated heterocycles. The van der Waals surface area contributed by atoms with E-state index in [1.54, 1.807) is 18.4 Å². The maximum Gasteiger partial charge on any atom is 0.325 e. The van der Waals surface area contributed by atoms with Gasteiger partial charge in [-0.3, -0.25) is 4.79 Å². The van der Waals surface area contributed by atoms with Crippen LogP contribution in [0.25, 0.3) is 0 Å². The molecule has 0 radical (unpaired) electrons. The van der Waals surface area contributed by atoms with Crippen molar-refractivity contribution in [2.75, 3.05) is 0 Å². The summed E-state index contributed by atoms with van der Waals surface area (Å²) < 4.78 is 27.1. The number of sulfonamides is 1. The van der Waals surface area contributed by atoms with Gasteiger partial charge in [-0.15, -0.1) is 11.3 Å². The summed E-state index contributed by atoms with van der Waals surface area (Å²) in [5.74, 6) is -1.30. The Kier molecular flexibility index (Phi) is 3.98. The fourth-order valence-corrected chi connectivity index (χ4v) is 5.04. The highest BCUT2D eigenvalue weighted by molar-refractivity contribution is 7.91. The molecule has 2 unspecified atom stereocenters. The maximum absolute atomic E-state index is 12.3. The average Bonchev–Trinajstić information content (AvgIpc) is 2.86. The van der Waals surface area contributed by atoms with E-state index in [-0.39, 0.29) is 10.1 Å². The zero-order valence-electron chi connectivity index (χ0n) is 10.6. The number of carboxylic acid groups (broad SMARTS) is 1. The molecule has 106 valence electrons. The van der Waals surface area contributed by atoms with Crippen LogP contribution in [0.2, 0.25) is 0 Å². The van der Waals surface area contributed by atoms with E-state index in [0.29, 0.717) is 6.42 Å². The topological polar surface area (TPSA) is 83.5 Å². The molecule has 0 spiro atoms. The van der Waals surface area contributed by atoms with E-state index in [0.717, 1.165) is 30.6 Å². The van der Waals surface area contributed by atoms with E-state index in [1.807, 2.05) is 0 Å². The second-order valence-corrected chi connectivity index (χ2v) is 7.82. The molecule has 0 amide bonds. The maximum atomic E-state index is 12.3. The molecular formula is C12H17NO4S2. The fraction of sp³-hybridized carbons (Fsp3) is 0.583. The van der Waals surface area contributed by atoms with E-state index in [1.165, 1.54) is 6.07 Å². The summed E-state index contributed by atoms with van der Waals surface area (Å²) in [6.07, 6.45) is 2.73. The number of carbonyl (C=O) groups is 1. The number of hydrogen-bond acceptors (Lipinski definition) is 4. The quantitative estimate of drug-likeness (QED) is 0.892. The van der Waals surface area contributed by atoms with Crippen molar-refractivity contribution in [3.05, 3.63) is 17.5 Å². The largest absolute Gasteiger partial charge is 0.480 e. The molecule has 0 aliphatic heterocycles. The van der Waals surface area contributed by atoms with Gasteiger partial charge in [0.1, 0.15) is 9.75 Å². The summed E-state index contributed by atoms with van der Waals surface area (Å²) in [5, 5.41) is 11.2. The van der Waals surface area contributed by atoms with Gasteiger partial charge in [-0.05, 0) is 30.2 Å². The number of rotatable bonds is 4. The summed E-state index contributed by atoms with van der Waals surface area (Å²) in [4.78, 5) is 11.6.